The van der Waals surface area contributed by atoms with Crippen molar-refractivity contribution in [3.8, 4) is 0 Å². The SMILES string of the molecule is CC(CCl)CCCNCCS(=O)(=O)C(C)(C)C. The summed E-state index contributed by atoms with van der Waals surface area (Å²) in [6, 6.07) is 0. The van der Waals surface area contributed by atoms with Gasteiger partial charge in [0.05, 0.1) is 10.5 Å². The number of rotatable bonds is 8. The quantitative estimate of drug-likeness (QED) is 0.550. The fourth-order valence-corrected chi connectivity index (χ4v) is 2.47. The number of nitrogens with one attached hydrogen (secondary N) is 1. The molecule has 1 N–H and O–H groups in total. The highest BCUT2D eigenvalue weighted by Crippen LogP contribution is 2.15. The molecule has 104 valence electrons. The first kappa shape index (κ1) is 17.2. The molecule has 17 heavy (non-hydrogen) atoms. The number of hydrogen-bond donors (Lipinski definition) is 1. The lowest BCUT2D eigenvalue weighted by atomic mass is 10.1. The first-order valence-corrected chi connectivity index (χ1v) is 8.38. The lowest BCUT2D eigenvalue weighted by Gasteiger charge is -2.19. The highest BCUT2D eigenvalue weighted by molar-refractivity contribution is 7.92. The third-order valence-corrected chi connectivity index (χ3v) is 5.93. The molecule has 0 aromatic heterocycles. The second-order valence-corrected chi connectivity index (χ2v) is 8.75. The van der Waals surface area contributed by atoms with Gasteiger partial charge in [-0.15, -0.1) is 11.6 Å². The van der Waals surface area contributed by atoms with E-state index in [1.807, 2.05) is 0 Å². The van der Waals surface area contributed by atoms with Crippen molar-refractivity contribution >= 4 is 21.4 Å². The molecule has 0 rings (SSSR count). The summed E-state index contributed by atoms with van der Waals surface area (Å²) in [5, 5.41) is 3.17. The van der Waals surface area contributed by atoms with Crippen molar-refractivity contribution < 1.29 is 8.42 Å². The molecule has 0 radical (unpaired) electrons. The van der Waals surface area contributed by atoms with E-state index in [4.69, 9.17) is 11.6 Å². The average molecular weight is 284 g/mol. The summed E-state index contributed by atoms with van der Waals surface area (Å²) in [6.45, 7) is 8.74. The van der Waals surface area contributed by atoms with Gasteiger partial charge < -0.3 is 5.32 Å². The minimum absolute atomic E-state index is 0.210. The summed E-state index contributed by atoms with van der Waals surface area (Å²) >= 11 is 5.70. The molecular formula is C12H26ClNO2S. The summed E-state index contributed by atoms with van der Waals surface area (Å²) < 4.78 is 22.9. The molecule has 0 aromatic rings. The van der Waals surface area contributed by atoms with E-state index in [2.05, 4.69) is 12.2 Å². The van der Waals surface area contributed by atoms with Crippen molar-refractivity contribution in [3.63, 3.8) is 0 Å². The molecule has 0 saturated carbocycles. The Morgan fingerprint density at radius 1 is 1.24 bits per heavy atom. The maximum Gasteiger partial charge on any atom is 0.156 e. The molecule has 0 spiro atoms. The molecule has 0 fully saturated rings. The number of alkyl halides is 1. The van der Waals surface area contributed by atoms with Crippen LogP contribution >= 0.6 is 11.6 Å². The molecule has 1 atom stereocenters. The third kappa shape index (κ3) is 7.27. The number of sulfone groups is 1. The van der Waals surface area contributed by atoms with Crippen LogP contribution in [-0.2, 0) is 9.84 Å². The Hall–Kier alpha value is 0.200. The molecular weight excluding hydrogens is 258 g/mol. The lowest BCUT2D eigenvalue weighted by Crippen LogP contribution is -2.35. The molecule has 0 aromatic carbocycles. The molecule has 0 aliphatic rings. The van der Waals surface area contributed by atoms with E-state index in [0.29, 0.717) is 18.3 Å². The van der Waals surface area contributed by atoms with Gasteiger partial charge in [0.2, 0.25) is 0 Å². The Kier molecular flexibility index (Phi) is 7.68. The van der Waals surface area contributed by atoms with E-state index in [9.17, 15) is 8.42 Å². The maximum atomic E-state index is 11.8. The summed E-state index contributed by atoms with van der Waals surface area (Å²) in [6.07, 6.45) is 2.13. The molecule has 0 saturated heterocycles. The molecule has 0 aliphatic heterocycles. The van der Waals surface area contributed by atoms with Gasteiger partial charge >= 0.3 is 0 Å². The summed E-state index contributed by atoms with van der Waals surface area (Å²) in [7, 11) is -2.99. The standard InChI is InChI=1S/C12H26ClNO2S/c1-11(10-13)6-5-7-14-8-9-17(15,16)12(2,3)4/h11,14H,5-10H2,1-4H3. The third-order valence-electron chi connectivity index (χ3n) is 2.79. The van der Waals surface area contributed by atoms with Gasteiger partial charge in [-0.05, 0) is 46.1 Å². The first-order valence-electron chi connectivity index (χ1n) is 6.19. The highest BCUT2D eigenvalue weighted by atomic mass is 35.5. The predicted octanol–water partition coefficient (Wildman–Crippen LogP) is 2.44. The normalized spacial score (nSPS) is 14.9. The van der Waals surface area contributed by atoms with E-state index >= 15 is 0 Å². The Morgan fingerprint density at radius 3 is 2.29 bits per heavy atom. The Bertz CT molecular complexity index is 296. The van der Waals surface area contributed by atoms with Gasteiger partial charge in [-0.3, -0.25) is 0 Å². The van der Waals surface area contributed by atoms with E-state index in [-0.39, 0.29) is 5.75 Å². The Balaban J connectivity index is 3.66. The molecule has 0 amide bonds. The topological polar surface area (TPSA) is 46.2 Å². The largest absolute Gasteiger partial charge is 0.316 e. The van der Waals surface area contributed by atoms with E-state index in [1.165, 1.54) is 0 Å². The van der Waals surface area contributed by atoms with Gasteiger partial charge in [0, 0.05) is 12.4 Å². The summed E-state index contributed by atoms with van der Waals surface area (Å²) in [5.41, 5.74) is 0. The van der Waals surface area contributed by atoms with Crippen molar-refractivity contribution in [2.24, 2.45) is 5.92 Å². The fourth-order valence-electron chi connectivity index (χ4n) is 1.29. The van der Waals surface area contributed by atoms with Gasteiger partial charge in [0.1, 0.15) is 0 Å². The van der Waals surface area contributed by atoms with E-state index in [0.717, 1.165) is 19.4 Å². The average Bonchev–Trinajstić information content (AvgIpc) is 2.21. The maximum absolute atomic E-state index is 11.8. The van der Waals surface area contributed by atoms with Crippen LogP contribution in [0.4, 0.5) is 0 Å². The van der Waals surface area contributed by atoms with Crippen LogP contribution in [0.1, 0.15) is 40.5 Å². The van der Waals surface area contributed by atoms with Crippen molar-refractivity contribution in [3.05, 3.63) is 0 Å². The van der Waals surface area contributed by atoms with Crippen LogP contribution < -0.4 is 5.32 Å². The zero-order chi connectivity index (χ0) is 13.5. The predicted molar refractivity (Wildman–Crippen MR) is 75.5 cm³/mol. The number of halogens is 1. The van der Waals surface area contributed by atoms with Gasteiger partial charge in [-0.25, -0.2) is 8.42 Å². The van der Waals surface area contributed by atoms with Crippen molar-refractivity contribution in [2.45, 2.75) is 45.3 Å². The minimum atomic E-state index is -2.99. The highest BCUT2D eigenvalue weighted by Gasteiger charge is 2.27. The smallest absolute Gasteiger partial charge is 0.156 e. The van der Waals surface area contributed by atoms with Crippen LogP contribution in [0.5, 0.6) is 0 Å². The fraction of sp³-hybridized carbons (Fsp3) is 1.00. The van der Waals surface area contributed by atoms with Crippen molar-refractivity contribution in [2.75, 3.05) is 24.7 Å². The molecule has 0 aliphatic carbocycles. The van der Waals surface area contributed by atoms with Crippen LogP contribution in [0.25, 0.3) is 0 Å². The Labute approximate surface area is 111 Å². The lowest BCUT2D eigenvalue weighted by molar-refractivity contribution is 0.531. The van der Waals surface area contributed by atoms with Crippen molar-refractivity contribution in [1.82, 2.24) is 5.32 Å². The van der Waals surface area contributed by atoms with Gasteiger partial charge in [-0.1, -0.05) is 6.92 Å². The van der Waals surface area contributed by atoms with Gasteiger partial charge in [0.25, 0.3) is 0 Å². The van der Waals surface area contributed by atoms with Crippen LogP contribution in [0, 0.1) is 5.92 Å². The van der Waals surface area contributed by atoms with Gasteiger partial charge in [0.15, 0.2) is 9.84 Å². The van der Waals surface area contributed by atoms with Crippen LogP contribution in [0.2, 0.25) is 0 Å². The summed E-state index contributed by atoms with van der Waals surface area (Å²) in [4.78, 5) is 0. The molecule has 0 bridgehead atoms. The van der Waals surface area contributed by atoms with E-state index < -0.39 is 14.6 Å². The van der Waals surface area contributed by atoms with Crippen molar-refractivity contribution in [1.29, 1.82) is 0 Å². The van der Waals surface area contributed by atoms with Gasteiger partial charge in [-0.2, -0.15) is 0 Å². The zero-order valence-electron chi connectivity index (χ0n) is 11.4. The molecule has 0 heterocycles. The first-order chi connectivity index (χ1) is 7.70. The monoisotopic (exact) mass is 283 g/mol. The molecule has 1 unspecified atom stereocenters. The molecule has 3 nitrogen and oxygen atoms in total. The van der Waals surface area contributed by atoms with E-state index in [1.54, 1.807) is 20.8 Å². The van der Waals surface area contributed by atoms with Crippen LogP contribution in [0.15, 0.2) is 0 Å². The minimum Gasteiger partial charge on any atom is -0.316 e. The van der Waals surface area contributed by atoms with Crippen LogP contribution in [-0.4, -0.2) is 37.9 Å². The number of hydrogen-bond acceptors (Lipinski definition) is 3. The molecule has 5 heteroatoms. The summed E-state index contributed by atoms with van der Waals surface area (Å²) in [5.74, 6) is 1.44. The second-order valence-electron chi connectivity index (χ2n) is 5.58. The second kappa shape index (κ2) is 7.59. The zero-order valence-corrected chi connectivity index (χ0v) is 13.0. The van der Waals surface area contributed by atoms with Crippen LogP contribution in [0.3, 0.4) is 0 Å². The Morgan fingerprint density at radius 2 is 1.82 bits per heavy atom.